The van der Waals surface area contributed by atoms with Gasteiger partial charge in [-0.1, -0.05) is 44.2 Å². The molecule has 4 nitrogen and oxygen atoms in total. The van der Waals surface area contributed by atoms with Gasteiger partial charge >= 0.3 is 0 Å². The molecule has 0 spiro atoms. The number of aryl methyl sites for hydroxylation is 1. The molecule has 0 amide bonds. The van der Waals surface area contributed by atoms with Crippen LogP contribution in [-0.2, 0) is 6.54 Å². The lowest BCUT2D eigenvalue weighted by Gasteiger charge is -2.08. The van der Waals surface area contributed by atoms with Gasteiger partial charge in [0.25, 0.3) is 0 Å². The Labute approximate surface area is 133 Å². The monoisotopic (exact) mass is 346 g/mol. The van der Waals surface area contributed by atoms with Gasteiger partial charge in [-0.15, -0.1) is 0 Å². The van der Waals surface area contributed by atoms with Crippen LogP contribution >= 0.6 is 15.9 Å². The zero-order chi connectivity index (χ0) is 15.2. The number of hydrogen-bond acceptors (Lipinski definition) is 3. The molecule has 1 aromatic carbocycles. The Morgan fingerprint density at radius 3 is 2.62 bits per heavy atom. The third-order valence-electron chi connectivity index (χ3n) is 2.95. The first-order valence-electron chi connectivity index (χ1n) is 7.02. The summed E-state index contributed by atoms with van der Waals surface area (Å²) in [6, 6.07) is 10.2. The van der Waals surface area contributed by atoms with Crippen LogP contribution in [0.3, 0.4) is 0 Å². The number of fused-ring (bicyclic) bond motifs is 1. The van der Waals surface area contributed by atoms with Crippen molar-refractivity contribution in [2.75, 3.05) is 5.32 Å². The van der Waals surface area contributed by atoms with Crippen molar-refractivity contribution in [3.63, 3.8) is 0 Å². The highest BCUT2D eigenvalue weighted by molar-refractivity contribution is 9.10. The summed E-state index contributed by atoms with van der Waals surface area (Å²) >= 11 is 3.43. The van der Waals surface area contributed by atoms with E-state index in [1.165, 1.54) is 5.56 Å². The Balaban J connectivity index is 0.000000774. The van der Waals surface area contributed by atoms with Crippen molar-refractivity contribution in [3.8, 4) is 0 Å². The fourth-order valence-corrected chi connectivity index (χ4v) is 2.36. The smallest absolute Gasteiger partial charge is 0.180 e. The average molecular weight is 347 g/mol. The van der Waals surface area contributed by atoms with Gasteiger partial charge in [0.05, 0.1) is 0 Å². The summed E-state index contributed by atoms with van der Waals surface area (Å²) in [6.45, 7) is 6.75. The van der Waals surface area contributed by atoms with Gasteiger partial charge in [0.2, 0.25) is 0 Å². The second-order valence-corrected chi connectivity index (χ2v) is 5.16. The zero-order valence-electron chi connectivity index (χ0n) is 12.5. The Morgan fingerprint density at radius 2 is 1.90 bits per heavy atom. The fraction of sp³-hybridized carbons (Fsp3) is 0.250. The second kappa shape index (κ2) is 7.22. The maximum atomic E-state index is 4.45. The Morgan fingerprint density at radius 1 is 1.19 bits per heavy atom. The minimum Gasteiger partial charge on any atom is -0.363 e. The van der Waals surface area contributed by atoms with Crippen molar-refractivity contribution < 1.29 is 0 Å². The molecule has 3 aromatic rings. The van der Waals surface area contributed by atoms with Gasteiger partial charge in [-0.2, -0.15) is 0 Å². The molecule has 0 aliphatic heterocycles. The number of anilines is 1. The van der Waals surface area contributed by atoms with Crippen LogP contribution < -0.4 is 5.32 Å². The lowest BCUT2D eigenvalue weighted by atomic mass is 10.2. The summed E-state index contributed by atoms with van der Waals surface area (Å²) in [5, 5.41) is 3.33. The standard InChI is InChI=1S/C14H13BrN4.C2H6/c1-10-7-17-14-13(18-12(15)9-19(10)14)16-8-11-5-3-2-4-6-11;1-2/h2-7,9H,8H2,1H3,(H,16,18);1-2H3. The minimum atomic E-state index is 0.728. The molecule has 0 fully saturated rings. The Bertz CT molecular complexity index is 707. The first kappa shape index (κ1) is 15.5. The number of halogens is 1. The van der Waals surface area contributed by atoms with Crippen LogP contribution in [0.25, 0.3) is 5.65 Å². The van der Waals surface area contributed by atoms with E-state index in [0.717, 1.165) is 28.3 Å². The molecule has 110 valence electrons. The number of rotatable bonds is 3. The van der Waals surface area contributed by atoms with Gasteiger partial charge < -0.3 is 5.32 Å². The van der Waals surface area contributed by atoms with Crippen LogP contribution in [-0.4, -0.2) is 14.4 Å². The van der Waals surface area contributed by atoms with Gasteiger partial charge in [0, 0.05) is 24.6 Å². The van der Waals surface area contributed by atoms with E-state index in [1.54, 1.807) is 0 Å². The van der Waals surface area contributed by atoms with Gasteiger partial charge in [-0.05, 0) is 28.4 Å². The molecule has 0 bridgehead atoms. The molecule has 2 aromatic heterocycles. The molecule has 0 aliphatic carbocycles. The summed E-state index contributed by atoms with van der Waals surface area (Å²) in [7, 11) is 0. The van der Waals surface area contributed by atoms with E-state index in [4.69, 9.17) is 0 Å². The summed E-state index contributed by atoms with van der Waals surface area (Å²) in [5.41, 5.74) is 3.14. The minimum absolute atomic E-state index is 0.728. The lowest BCUT2D eigenvalue weighted by Crippen LogP contribution is -2.04. The van der Waals surface area contributed by atoms with Crippen molar-refractivity contribution >= 4 is 27.4 Å². The number of nitrogens with zero attached hydrogens (tertiary/aromatic N) is 3. The molecule has 0 atom stereocenters. The molecule has 2 heterocycles. The van der Waals surface area contributed by atoms with E-state index >= 15 is 0 Å². The van der Waals surface area contributed by atoms with E-state index in [2.05, 4.69) is 43.3 Å². The molecule has 0 unspecified atom stereocenters. The normalized spacial score (nSPS) is 10.1. The SMILES string of the molecule is CC.Cc1cnc2c(NCc3ccccc3)nc(Br)cn12. The predicted molar refractivity (Wildman–Crippen MR) is 90.5 cm³/mol. The van der Waals surface area contributed by atoms with Crippen molar-refractivity contribution in [2.45, 2.75) is 27.3 Å². The summed E-state index contributed by atoms with van der Waals surface area (Å²) < 4.78 is 2.81. The van der Waals surface area contributed by atoms with Crippen molar-refractivity contribution in [1.82, 2.24) is 14.4 Å². The number of nitrogens with one attached hydrogen (secondary N) is 1. The average Bonchev–Trinajstić information content (AvgIpc) is 2.89. The Hall–Kier alpha value is -1.88. The molecule has 0 saturated heterocycles. The number of hydrogen-bond donors (Lipinski definition) is 1. The molecule has 3 rings (SSSR count). The van der Waals surface area contributed by atoms with Crippen LogP contribution in [0.2, 0.25) is 0 Å². The highest BCUT2D eigenvalue weighted by Crippen LogP contribution is 2.19. The largest absolute Gasteiger partial charge is 0.363 e. The number of benzene rings is 1. The van der Waals surface area contributed by atoms with Crippen LogP contribution in [0, 0.1) is 6.92 Å². The van der Waals surface area contributed by atoms with Gasteiger partial charge in [-0.3, -0.25) is 4.40 Å². The van der Waals surface area contributed by atoms with Crippen LogP contribution in [0.4, 0.5) is 5.82 Å². The molecule has 0 saturated carbocycles. The molecule has 5 heteroatoms. The molecular weight excluding hydrogens is 328 g/mol. The highest BCUT2D eigenvalue weighted by Gasteiger charge is 2.08. The topological polar surface area (TPSA) is 42.2 Å². The van der Waals surface area contributed by atoms with E-state index in [0.29, 0.717) is 0 Å². The summed E-state index contributed by atoms with van der Waals surface area (Å²) in [4.78, 5) is 8.84. The quantitative estimate of drug-likeness (QED) is 0.762. The summed E-state index contributed by atoms with van der Waals surface area (Å²) in [6.07, 6.45) is 3.77. The highest BCUT2D eigenvalue weighted by atomic mass is 79.9. The zero-order valence-corrected chi connectivity index (χ0v) is 14.1. The van der Waals surface area contributed by atoms with E-state index in [-0.39, 0.29) is 0 Å². The van der Waals surface area contributed by atoms with E-state index < -0.39 is 0 Å². The van der Waals surface area contributed by atoms with Crippen molar-refractivity contribution in [1.29, 1.82) is 0 Å². The van der Waals surface area contributed by atoms with Crippen molar-refractivity contribution in [3.05, 3.63) is 58.6 Å². The number of aromatic nitrogens is 3. The first-order valence-corrected chi connectivity index (χ1v) is 7.81. The third kappa shape index (κ3) is 3.61. The third-order valence-corrected chi connectivity index (χ3v) is 3.33. The fourth-order valence-electron chi connectivity index (χ4n) is 1.98. The van der Waals surface area contributed by atoms with E-state index in [9.17, 15) is 0 Å². The number of imidazole rings is 1. The maximum absolute atomic E-state index is 4.45. The first-order chi connectivity index (χ1) is 10.2. The van der Waals surface area contributed by atoms with Gasteiger partial charge in [0.15, 0.2) is 11.5 Å². The van der Waals surface area contributed by atoms with Gasteiger partial charge in [-0.25, -0.2) is 9.97 Å². The second-order valence-electron chi connectivity index (χ2n) is 4.34. The summed E-state index contributed by atoms with van der Waals surface area (Å²) in [5.74, 6) is 0.784. The van der Waals surface area contributed by atoms with Crippen LogP contribution in [0.1, 0.15) is 25.1 Å². The molecule has 0 aliphatic rings. The molecule has 1 N–H and O–H groups in total. The van der Waals surface area contributed by atoms with E-state index in [1.807, 2.05) is 55.8 Å². The maximum Gasteiger partial charge on any atom is 0.180 e. The molecule has 21 heavy (non-hydrogen) atoms. The lowest BCUT2D eigenvalue weighted by molar-refractivity contribution is 1.03. The van der Waals surface area contributed by atoms with Gasteiger partial charge in [0.1, 0.15) is 4.60 Å². The van der Waals surface area contributed by atoms with Crippen LogP contribution in [0.15, 0.2) is 47.3 Å². The molecular formula is C16H19BrN4. The van der Waals surface area contributed by atoms with Crippen LogP contribution in [0.5, 0.6) is 0 Å². The molecule has 0 radical (unpaired) electrons. The predicted octanol–water partition coefficient (Wildman–Crippen LogP) is 4.44. The van der Waals surface area contributed by atoms with Crippen molar-refractivity contribution in [2.24, 2.45) is 0 Å². The Kier molecular flexibility index (Phi) is 5.33.